The largest absolute Gasteiger partial charge is 0.494 e. The van der Waals surface area contributed by atoms with Crippen molar-refractivity contribution in [1.82, 2.24) is 4.90 Å². The molecular weight excluding hydrogens is 342 g/mol. The molecule has 1 rings (SSSR count). The fraction of sp³-hybridized carbons (Fsp3) is 0.429. The second kappa shape index (κ2) is 11.1. The van der Waals surface area contributed by atoms with Gasteiger partial charge in [-0.1, -0.05) is 22.0 Å². The molecule has 0 spiro atoms. The lowest BCUT2D eigenvalue weighted by Gasteiger charge is -2.09. The van der Waals surface area contributed by atoms with E-state index in [2.05, 4.69) is 34.9 Å². The molecule has 0 saturated carbocycles. The number of rotatable bonds is 6. The van der Waals surface area contributed by atoms with Crippen molar-refractivity contribution in [3.8, 4) is 5.75 Å². The fourth-order valence-electron chi connectivity index (χ4n) is 1.28. The Balaban J connectivity index is 0.000000567. The van der Waals surface area contributed by atoms with E-state index in [4.69, 9.17) is 24.5 Å². The van der Waals surface area contributed by atoms with Crippen LogP contribution in [0.4, 0.5) is 0 Å². The number of aliphatic carboxylic acids is 2. The molecule has 0 radical (unpaired) electrons. The SMILES string of the molecule is CN(C)CCCCOc1cccc(Br)c1.O=C(O)C(=O)O. The van der Waals surface area contributed by atoms with Gasteiger partial charge in [0.25, 0.3) is 0 Å². The summed E-state index contributed by atoms with van der Waals surface area (Å²) in [7, 11) is 4.18. The van der Waals surface area contributed by atoms with Crippen molar-refractivity contribution in [3.63, 3.8) is 0 Å². The Bertz CT molecular complexity index is 439. The predicted molar refractivity (Wildman–Crippen MR) is 82.7 cm³/mol. The summed E-state index contributed by atoms with van der Waals surface area (Å²) in [4.78, 5) is 20.4. The van der Waals surface area contributed by atoms with Crippen LogP contribution in [0.15, 0.2) is 28.7 Å². The van der Waals surface area contributed by atoms with Crippen LogP contribution >= 0.6 is 15.9 Å². The lowest BCUT2D eigenvalue weighted by Crippen LogP contribution is -2.13. The van der Waals surface area contributed by atoms with Crippen molar-refractivity contribution in [3.05, 3.63) is 28.7 Å². The summed E-state index contributed by atoms with van der Waals surface area (Å²) >= 11 is 3.42. The van der Waals surface area contributed by atoms with Gasteiger partial charge in [-0.2, -0.15) is 0 Å². The molecule has 1 aromatic rings. The third kappa shape index (κ3) is 11.9. The molecule has 0 atom stereocenters. The molecule has 0 bridgehead atoms. The normalized spacial score (nSPS) is 9.71. The van der Waals surface area contributed by atoms with Gasteiger partial charge in [0.15, 0.2) is 0 Å². The standard InChI is InChI=1S/C12H18BrNO.C2H2O4/c1-14(2)8-3-4-9-15-12-7-5-6-11(13)10-12;3-1(4)2(5)6/h5-7,10H,3-4,8-9H2,1-2H3;(H,3,4)(H,5,6). The maximum absolute atomic E-state index is 9.10. The topological polar surface area (TPSA) is 87.1 Å². The molecule has 0 aliphatic rings. The van der Waals surface area contributed by atoms with Crippen LogP contribution in [-0.2, 0) is 9.59 Å². The molecule has 21 heavy (non-hydrogen) atoms. The first kappa shape index (κ1) is 19.4. The van der Waals surface area contributed by atoms with Gasteiger partial charge in [0, 0.05) is 4.47 Å². The summed E-state index contributed by atoms with van der Waals surface area (Å²) < 4.78 is 6.68. The van der Waals surface area contributed by atoms with Crippen LogP contribution in [0.2, 0.25) is 0 Å². The molecule has 0 aliphatic heterocycles. The van der Waals surface area contributed by atoms with Crippen LogP contribution in [0.5, 0.6) is 5.75 Å². The molecule has 0 aliphatic carbocycles. The number of halogens is 1. The van der Waals surface area contributed by atoms with Crippen molar-refractivity contribution in [2.24, 2.45) is 0 Å². The number of carbonyl (C=O) groups is 2. The summed E-state index contributed by atoms with van der Waals surface area (Å²) in [5.41, 5.74) is 0. The highest BCUT2D eigenvalue weighted by Gasteiger charge is 2.04. The van der Waals surface area contributed by atoms with Crippen LogP contribution in [0.3, 0.4) is 0 Å². The molecule has 0 aromatic heterocycles. The van der Waals surface area contributed by atoms with Crippen LogP contribution in [0, 0.1) is 0 Å². The molecular formula is C14H20BrNO5. The van der Waals surface area contributed by atoms with Gasteiger partial charge in [-0.05, 0) is 51.7 Å². The molecule has 0 unspecified atom stereocenters. The Labute approximate surface area is 132 Å². The Morgan fingerprint density at radius 2 is 1.81 bits per heavy atom. The second-order valence-electron chi connectivity index (χ2n) is 4.43. The lowest BCUT2D eigenvalue weighted by atomic mass is 10.3. The number of ether oxygens (including phenoxy) is 1. The van der Waals surface area contributed by atoms with E-state index < -0.39 is 11.9 Å². The first-order valence-electron chi connectivity index (χ1n) is 6.32. The van der Waals surface area contributed by atoms with Crippen molar-refractivity contribution in [2.75, 3.05) is 27.2 Å². The number of carboxylic acid groups (broad SMARTS) is 2. The van der Waals surface area contributed by atoms with E-state index in [9.17, 15) is 0 Å². The third-order valence-electron chi connectivity index (χ3n) is 2.25. The molecule has 0 heterocycles. The summed E-state index contributed by atoms with van der Waals surface area (Å²) in [6, 6.07) is 7.96. The lowest BCUT2D eigenvalue weighted by molar-refractivity contribution is -0.159. The molecule has 0 fully saturated rings. The van der Waals surface area contributed by atoms with Crippen molar-refractivity contribution >= 4 is 27.9 Å². The predicted octanol–water partition coefficient (Wildman–Crippen LogP) is 2.33. The van der Waals surface area contributed by atoms with Gasteiger partial charge >= 0.3 is 11.9 Å². The Morgan fingerprint density at radius 3 is 2.29 bits per heavy atom. The van der Waals surface area contributed by atoms with Crippen molar-refractivity contribution in [2.45, 2.75) is 12.8 Å². The summed E-state index contributed by atoms with van der Waals surface area (Å²) in [5, 5.41) is 14.8. The zero-order chi connectivity index (χ0) is 16.3. The quantitative estimate of drug-likeness (QED) is 0.597. The van der Waals surface area contributed by atoms with Crippen LogP contribution in [0.1, 0.15) is 12.8 Å². The summed E-state index contributed by atoms with van der Waals surface area (Å²) in [6.45, 7) is 1.92. The molecule has 0 amide bonds. The average Bonchev–Trinajstić information content (AvgIpc) is 2.38. The summed E-state index contributed by atoms with van der Waals surface area (Å²) in [5.74, 6) is -2.71. The first-order chi connectivity index (χ1) is 9.82. The number of hydrogen-bond donors (Lipinski definition) is 2. The zero-order valence-electron chi connectivity index (χ0n) is 12.1. The van der Waals surface area contributed by atoms with Gasteiger partial charge in [0.05, 0.1) is 6.61 Å². The number of unbranched alkanes of at least 4 members (excludes halogenated alkanes) is 1. The molecule has 1 aromatic carbocycles. The van der Waals surface area contributed by atoms with E-state index in [1.54, 1.807) is 0 Å². The Kier molecular flexibility index (Phi) is 10.3. The highest BCUT2D eigenvalue weighted by atomic mass is 79.9. The Hall–Kier alpha value is -1.60. The van der Waals surface area contributed by atoms with E-state index in [0.29, 0.717) is 0 Å². The summed E-state index contributed by atoms with van der Waals surface area (Å²) in [6.07, 6.45) is 2.28. The van der Waals surface area contributed by atoms with Gasteiger partial charge in [0.2, 0.25) is 0 Å². The second-order valence-corrected chi connectivity index (χ2v) is 5.34. The monoisotopic (exact) mass is 361 g/mol. The first-order valence-corrected chi connectivity index (χ1v) is 7.11. The number of hydrogen-bond acceptors (Lipinski definition) is 4. The highest BCUT2D eigenvalue weighted by molar-refractivity contribution is 9.10. The smallest absolute Gasteiger partial charge is 0.414 e. The van der Waals surface area contributed by atoms with Gasteiger partial charge in [0.1, 0.15) is 5.75 Å². The zero-order valence-corrected chi connectivity index (χ0v) is 13.7. The molecule has 0 saturated heterocycles. The average molecular weight is 362 g/mol. The number of benzene rings is 1. The van der Waals surface area contributed by atoms with E-state index in [0.717, 1.165) is 29.8 Å². The van der Waals surface area contributed by atoms with Crippen LogP contribution < -0.4 is 4.74 Å². The third-order valence-corrected chi connectivity index (χ3v) is 2.74. The van der Waals surface area contributed by atoms with Gasteiger partial charge in [-0.3, -0.25) is 0 Å². The van der Waals surface area contributed by atoms with Crippen LogP contribution in [-0.4, -0.2) is 54.3 Å². The van der Waals surface area contributed by atoms with E-state index >= 15 is 0 Å². The minimum Gasteiger partial charge on any atom is -0.494 e. The van der Waals surface area contributed by atoms with Gasteiger partial charge in [-0.15, -0.1) is 0 Å². The molecule has 6 nitrogen and oxygen atoms in total. The number of nitrogens with zero attached hydrogens (tertiary/aromatic N) is 1. The van der Waals surface area contributed by atoms with Gasteiger partial charge in [-0.25, -0.2) is 9.59 Å². The Morgan fingerprint density at radius 1 is 1.19 bits per heavy atom. The van der Waals surface area contributed by atoms with Crippen LogP contribution in [0.25, 0.3) is 0 Å². The maximum Gasteiger partial charge on any atom is 0.414 e. The molecule has 7 heteroatoms. The van der Waals surface area contributed by atoms with E-state index in [-0.39, 0.29) is 0 Å². The van der Waals surface area contributed by atoms with E-state index in [1.165, 1.54) is 6.42 Å². The molecule has 118 valence electrons. The number of carboxylic acids is 2. The minimum absolute atomic E-state index is 0.796. The highest BCUT2D eigenvalue weighted by Crippen LogP contribution is 2.17. The molecule has 2 N–H and O–H groups in total. The van der Waals surface area contributed by atoms with Crippen molar-refractivity contribution < 1.29 is 24.5 Å². The van der Waals surface area contributed by atoms with Crippen molar-refractivity contribution in [1.29, 1.82) is 0 Å². The van der Waals surface area contributed by atoms with Gasteiger partial charge < -0.3 is 19.8 Å². The minimum atomic E-state index is -1.82. The van der Waals surface area contributed by atoms with E-state index in [1.807, 2.05) is 24.3 Å². The fourth-order valence-corrected chi connectivity index (χ4v) is 1.66. The maximum atomic E-state index is 9.10.